The summed E-state index contributed by atoms with van der Waals surface area (Å²) in [5.41, 5.74) is 3.16. The van der Waals surface area contributed by atoms with Crippen molar-refractivity contribution in [2.45, 2.75) is 12.6 Å². The summed E-state index contributed by atoms with van der Waals surface area (Å²) >= 11 is 0. The molecule has 2 aliphatic heterocycles. The molecule has 2 atom stereocenters. The second kappa shape index (κ2) is 8.59. The summed E-state index contributed by atoms with van der Waals surface area (Å²) < 4.78 is 21.4. The minimum absolute atomic E-state index is 0.0428. The number of nitrogens with zero attached hydrogens (tertiary/aromatic N) is 6. The third kappa shape index (κ3) is 3.93. The highest BCUT2D eigenvalue weighted by atomic mass is 19.1. The lowest BCUT2D eigenvalue weighted by atomic mass is 9.91. The van der Waals surface area contributed by atoms with Crippen LogP contribution in [0.1, 0.15) is 27.7 Å². The molecule has 0 N–H and O–H groups in total. The van der Waals surface area contributed by atoms with Crippen LogP contribution in [0.4, 0.5) is 4.39 Å². The van der Waals surface area contributed by atoms with Gasteiger partial charge in [-0.25, -0.2) is 19.4 Å². The van der Waals surface area contributed by atoms with E-state index < -0.39 is 0 Å². The van der Waals surface area contributed by atoms with Gasteiger partial charge < -0.3 is 4.74 Å². The number of carbonyl (C=O) groups is 1. The van der Waals surface area contributed by atoms with Gasteiger partial charge in [0.15, 0.2) is 11.5 Å². The average molecular weight is 471 g/mol. The zero-order valence-corrected chi connectivity index (χ0v) is 19.1. The predicted octanol–water partition coefficient (Wildman–Crippen LogP) is 3.64. The fourth-order valence-electron chi connectivity index (χ4n) is 4.94. The van der Waals surface area contributed by atoms with Gasteiger partial charge in [-0.15, -0.1) is 0 Å². The molecule has 176 valence electrons. The van der Waals surface area contributed by atoms with E-state index in [-0.39, 0.29) is 23.7 Å². The molecule has 2 aliphatic rings. The van der Waals surface area contributed by atoms with E-state index in [1.807, 2.05) is 24.3 Å². The molecule has 8 nitrogen and oxygen atoms in total. The Kier molecular flexibility index (Phi) is 5.26. The zero-order chi connectivity index (χ0) is 23.9. The van der Waals surface area contributed by atoms with Gasteiger partial charge >= 0.3 is 0 Å². The van der Waals surface area contributed by atoms with Gasteiger partial charge in [0.05, 0.1) is 12.6 Å². The number of fused-ring (bicyclic) bond motifs is 3. The summed E-state index contributed by atoms with van der Waals surface area (Å²) in [4.78, 5) is 22.3. The Morgan fingerprint density at radius 1 is 1.11 bits per heavy atom. The largest absolute Gasteiger partial charge is 0.493 e. The summed E-state index contributed by atoms with van der Waals surface area (Å²) in [6.45, 7) is 1.36. The lowest BCUT2D eigenvalue weighted by molar-refractivity contribution is -0.00642. The molecule has 0 unspecified atom stereocenters. The molecule has 0 bridgehead atoms. The van der Waals surface area contributed by atoms with Crippen LogP contribution >= 0.6 is 0 Å². The second-order valence-electron chi connectivity index (χ2n) is 8.83. The van der Waals surface area contributed by atoms with E-state index in [9.17, 15) is 9.18 Å². The number of ether oxygens (including phenoxy) is 1. The van der Waals surface area contributed by atoms with Gasteiger partial charge in [0, 0.05) is 61.8 Å². The first kappa shape index (κ1) is 21.4. The molecule has 2 aromatic heterocycles. The van der Waals surface area contributed by atoms with Crippen LogP contribution in [0, 0.1) is 11.7 Å². The van der Waals surface area contributed by atoms with Crippen molar-refractivity contribution in [3.63, 3.8) is 0 Å². The van der Waals surface area contributed by atoms with Crippen LogP contribution in [0.3, 0.4) is 0 Å². The molecule has 0 radical (unpaired) electrons. The number of benzene rings is 2. The van der Waals surface area contributed by atoms with Crippen LogP contribution in [-0.4, -0.2) is 48.8 Å². The van der Waals surface area contributed by atoms with Crippen LogP contribution in [0.25, 0.3) is 11.4 Å². The fraction of sp³-hybridized carbons (Fsp3) is 0.231. The van der Waals surface area contributed by atoms with Crippen molar-refractivity contribution >= 4 is 5.91 Å². The minimum Gasteiger partial charge on any atom is -0.493 e. The second-order valence-corrected chi connectivity index (χ2v) is 8.83. The highest BCUT2D eigenvalue weighted by molar-refractivity contribution is 5.92. The smallest absolute Gasteiger partial charge is 0.288 e. The maximum absolute atomic E-state index is 13.9. The van der Waals surface area contributed by atoms with Gasteiger partial charge in [0.25, 0.3) is 5.91 Å². The van der Waals surface area contributed by atoms with E-state index in [4.69, 9.17) is 4.74 Å². The number of carbonyl (C=O) groups excluding carboxylic acids is 1. The van der Waals surface area contributed by atoms with E-state index in [2.05, 4.69) is 20.1 Å². The summed E-state index contributed by atoms with van der Waals surface area (Å²) in [7, 11) is 1.79. The molecular weight excluding hydrogens is 447 g/mol. The third-order valence-corrected chi connectivity index (χ3v) is 6.50. The fourth-order valence-corrected chi connectivity index (χ4v) is 4.94. The standard InChI is InChI=1S/C26H23FN6O2/c1-31-11-8-22(30-31)26(34)33-15-19-16-35-23-13-20(27)6-7-21(23)24(19)32(33)14-17-4-2-5-18(12-17)25-28-9-3-10-29-25/h2-13,19,24H,14-16H2,1H3/t19-,24-/m1/s1. The number of aromatic nitrogens is 4. The molecule has 1 fully saturated rings. The number of hydrogen-bond donors (Lipinski definition) is 0. The first-order chi connectivity index (χ1) is 17.1. The molecule has 1 saturated heterocycles. The lowest BCUT2D eigenvalue weighted by Gasteiger charge is -2.35. The predicted molar refractivity (Wildman–Crippen MR) is 125 cm³/mol. The first-order valence-electron chi connectivity index (χ1n) is 11.4. The maximum atomic E-state index is 13.9. The monoisotopic (exact) mass is 470 g/mol. The summed E-state index contributed by atoms with van der Waals surface area (Å²) in [5.74, 6) is 0.688. The third-order valence-electron chi connectivity index (χ3n) is 6.50. The molecule has 0 aliphatic carbocycles. The van der Waals surface area contributed by atoms with Crippen molar-refractivity contribution in [1.29, 1.82) is 0 Å². The molecule has 1 amide bonds. The summed E-state index contributed by atoms with van der Waals surface area (Å²) in [5, 5.41) is 8.14. The van der Waals surface area contributed by atoms with E-state index in [0.717, 1.165) is 16.7 Å². The zero-order valence-electron chi connectivity index (χ0n) is 19.1. The Bertz CT molecular complexity index is 1390. The van der Waals surface area contributed by atoms with Crippen LogP contribution in [0.2, 0.25) is 0 Å². The number of rotatable bonds is 4. The van der Waals surface area contributed by atoms with Gasteiger partial charge in [0.2, 0.25) is 0 Å². The van der Waals surface area contributed by atoms with Crippen molar-refractivity contribution in [3.05, 3.63) is 95.8 Å². The van der Waals surface area contributed by atoms with Crippen molar-refractivity contribution in [2.24, 2.45) is 13.0 Å². The SMILES string of the molecule is Cn1ccc(C(=O)N2C[C@@H]3COc4cc(F)ccc4[C@@H]3N2Cc2cccc(-c3ncccn3)c2)n1. The lowest BCUT2D eigenvalue weighted by Crippen LogP contribution is -2.42. The minimum atomic E-state index is -0.344. The molecule has 9 heteroatoms. The Morgan fingerprint density at radius 2 is 1.97 bits per heavy atom. The Hall–Kier alpha value is -4.11. The van der Waals surface area contributed by atoms with E-state index in [0.29, 0.717) is 37.0 Å². The Morgan fingerprint density at radius 3 is 2.77 bits per heavy atom. The molecule has 4 heterocycles. The average Bonchev–Trinajstić information content (AvgIpc) is 3.48. The van der Waals surface area contributed by atoms with E-state index in [1.165, 1.54) is 12.1 Å². The molecule has 0 saturated carbocycles. The molecule has 4 aromatic rings. The van der Waals surface area contributed by atoms with Gasteiger partial charge in [-0.2, -0.15) is 5.10 Å². The van der Waals surface area contributed by atoms with Crippen molar-refractivity contribution in [1.82, 2.24) is 29.8 Å². The number of halogens is 1. The summed E-state index contributed by atoms with van der Waals surface area (Å²) in [6.07, 6.45) is 5.18. The van der Waals surface area contributed by atoms with Crippen LogP contribution in [0.15, 0.2) is 73.2 Å². The van der Waals surface area contributed by atoms with Crippen LogP contribution < -0.4 is 4.74 Å². The van der Waals surface area contributed by atoms with E-state index in [1.54, 1.807) is 53.5 Å². The highest BCUT2D eigenvalue weighted by Gasteiger charge is 2.47. The molecule has 35 heavy (non-hydrogen) atoms. The number of hydrogen-bond acceptors (Lipinski definition) is 6. The quantitative estimate of drug-likeness (QED) is 0.453. The first-order valence-corrected chi connectivity index (χ1v) is 11.4. The summed E-state index contributed by atoms with van der Waals surface area (Å²) in [6, 6.07) is 16.0. The van der Waals surface area contributed by atoms with Gasteiger partial charge in [0.1, 0.15) is 11.6 Å². The van der Waals surface area contributed by atoms with Crippen molar-refractivity contribution < 1.29 is 13.9 Å². The number of aryl methyl sites for hydroxylation is 1. The van der Waals surface area contributed by atoms with Crippen LogP contribution in [0.5, 0.6) is 5.75 Å². The molecular formula is C26H23FN6O2. The van der Waals surface area contributed by atoms with Gasteiger partial charge in [-0.05, 0) is 29.8 Å². The Labute approximate surface area is 201 Å². The van der Waals surface area contributed by atoms with Gasteiger partial charge in [-0.3, -0.25) is 14.5 Å². The molecule has 6 rings (SSSR count). The number of hydrazine groups is 1. The maximum Gasteiger partial charge on any atom is 0.288 e. The van der Waals surface area contributed by atoms with Gasteiger partial charge in [-0.1, -0.05) is 24.3 Å². The van der Waals surface area contributed by atoms with E-state index >= 15 is 0 Å². The Balaban J connectivity index is 1.39. The highest BCUT2D eigenvalue weighted by Crippen LogP contribution is 2.45. The van der Waals surface area contributed by atoms with Crippen molar-refractivity contribution in [2.75, 3.05) is 13.2 Å². The topological polar surface area (TPSA) is 76.4 Å². The van der Waals surface area contributed by atoms with Crippen molar-refractivity contribution in [3.8, 4) is 17.1 Å². The van der Waals surface area contributed by atoms with Crippen LogP contribution in [-0.2, 0) is 13.6 Å². The molecule has 0 spiro atoms. The molecule has 2 aromatic carbocycles. The number of amides is 1. The normalized spacial score (nSPS) is 19.2.